The fourth-order valence-corrected chi connectivity index (χ4v) is 4.48. The number of nitrogens with zero attached hydrogens (tertiary/aromatic N) is 3. The molecule has 4 rings (SSSR count). The highest BCUT2D eigenvalue weighted by Gasteiger charge is 2.26. The Labute approximate surface area is 155 Å². The van der Waals surface area contributed by atoms with Crippen molar-refractivity contribution < 1.29 is 9.59 Å². The van der Waals surface area contributed by atoms with Crippen molar-refractivity contribution in [3.63, 3.8) is 0 Å². The summed E-state index contributed by atoms with van der Waals surface area (Å²) in [6, 6.07) is 5.42. The first-order valence-electron chi connectivity index (χ1n) is 8.95. The molecule has 0 bridgehead atoms. The maximum absolute atomic E-state index is 12.6. The molecule has 1 aliphatic heterocycles. The van der Waals surface area contributed by atoms with Crippen molar-refractivity contribution in [1.82, 2.24) is 20.2 Å². The van der Waals surface area contributed by atoms with Crippen LogP contribution < -0.4 is 10.6 Å². The van der Waals surface area contributed by atoms with Crippen LogP contribution in [0.2, 0.25) is 0 Å². The van der Waals surface area contributed by atoms with Gasteiger partial charge in [-0.05, 0) is 25.0 Å². The standard InChI is InChI=1S/C18H21N5O2S/c24-16(14-7-3-4-9-19-14)23-10-8-13-15(11-23)26-18(21-13)22-17(25)20-12-5-1-2-6-12/h3-4,7,9,12H,1-2,5-6,8,10-11H2,(H2,20,21,22,25). The second kappa shape index (κ2) is 7.41. The van der Waals surface area contributed by atoms with Gasteiger partial charge in [-0.3, -0.25) is 15.1 Å². The van der Waals surface area contributed by atoms with E-state index in [9.17, 15) is 9.59 Å². The Kier molecular flexibility index (Phi) is 4.83. The van der Waals surface area contributed by atoms with E-state index < -0.39 is 0 Å². The van der Waals surface area contributed by atoms with Crippen LogP contribution in [0, 0.1) is 0 Å². The molecule has 3 heterocycles. The predicted molar refractivity (Wildman–Crippen MR) is 99.2 cm³/mol. The summed E-state index contributed by atoms with van der Waals surface area (Å²) in [4.78, 5) is 36.1. The maximum atomic E-state index is 12.6. The number of aromatic nitrogens is 2. The summed E-state index contributed by atoms with van der Waals surface area (Å²) in [5.74, 6) is -0.0712. The number of hydrogen-bond acceptors (Lipinski definition) is 5. The number of pyridine rings is 1. The Morgan fingerprint density at radius 1 is 1.23 bits per heavy atom. The Balaban J connectivity index is 1.39. The average Bonchev–Trinajstić information content (AvgIpc) is 3.30. The SMILES string of the molecule is O=C(Nc1nc2c(s1)CN(C(=O)c1ccccn1)CC2)NC1CCCC1. The number of amides is 3. The molecule has 2 N–H and O–H groups in total. The molecule has 136 valence electrons. The van der Waals surface area contributed by atoms with Gasteiger partial charge in [0.1, 0.15) is 5.69 Å². The molecule has 8 heteroatoms. The van der Waals surface area contributed by atoms with Crippen LogP contribution in [0.25, 0.3) is 0 Å². The minimum Gasteiger partial charge on any atom is -0.335 e. The van der Waals surface area contributed by atoms with Gasteiger partial charge in [0.15, 0.2) is 5.13 Å². The van der Waals surface area contributed by atoms with Crippen LogP contribution in [0.4, 0.5) is 9.93 Å². The second-order valence-corrected chi connectivity index (χ2v) is 7.74. The van der Waals surface area contributed by atoms with Crippen LogP contribution in [0.5, 0.6) is 0 Å². The zero-order valence-corrected chi connectivity index (χ0v) is 15.2. The first-order valence-corrected chi connectivity index (χ1v) is 9.77. The maximum Gasteiger partial charge on any atom is 0.321 e. The molecule has 7 nitrogen and oxygen atoms in total. The molecule has 1 saturated carbocycles. The lowest BCUT2D eigenvalue weighted by atomic mass is 10.1. The first-order chi connectivity index (χ1) is 12.7. The summed E-state index contributed by atoms with van der Waals surface area (Å²) in [6.07, 6.45) is 6.77. The Bertz CT molecular complexity index is 801. The molecule has 1 aliphatic carbocycles. The van der Waals surface area contributed by atoms with Gasteiger partial charge in [0.25, 0.3) is 5.91 Å². The second-order valence-electron chi connectivity index (χ2n) is 6.66. The molecule has 3 amide bonds. The lowest BCUT2D eigenvalue weighted by Crippen LogP contribution is -2.36. The molecule has 1 fully saturated rings. The van der Waals surface area contributed by atoms with E-state index in [2.05, 4.69) is 20.6 Å². The predicted octanol–water partition coefficient (Wildman–Crippen LogP) is 2.80. The highest BCUT2D eigenvalue weighted by Crippen LogP contribution is 2.29. The Morgan fingerprint density at radius 3 is 2.85 bits per heavy atom. The molecule has 26 heavy (non-hydrogen) atoms. The number of anilines is 1. The highest BCUT2D eigenvalue weighted by molar-refractivity contribution is 7.15. The molecule has 0 spiro atoms. The number of nitrogens with one attached hydrogen (secondary N) is 2. The van der Waals surface area contributed by atoms with Crippen molar-refractivity contribution in [3.8, 4) is 0 Å². The molecule has 2 aromatic rings. The van der Waals surface area contributed by atoms with Crippen LogP contribution in [0.3, 0.4) is 0 Å². The monoisotopic (exact) mass is 371 g/mol. The topological polar surface area (TPSA) is 87.2 Å². The summed E-state index contributed by atoms with van der Waals surface area (Å²) < 4.78 is 0. The van der Waals surface area contributed by atoms with E-state index in [1.165, 1.54) is 24.2 Å². The number of carbonyl (C=O) groups is 2. The van der Waals surface area contributed by atoms with Crippen molar-refractivity contribution in [2.45, 2.75) is 44.7 Å². The summed E-state index contributed by atoms with van der Waals surface area (Å²) in [5, 5.41) is 6.44. The average molecular weight is 371 g/mol. The zero-order valence-electron chi connectivity index (χ0n) is 14.4. The highest BCUT2D eigenvalue weighted by atomic mass is 32.1. The van der Waals surface area contributed by atoms with Crippen LogP contribution in [-0.2, 0) is 13.0 Å². The van der Waals surface area contributed by atoms with Crippen molar-refractivity contribution in [3.05, 3.63) is 40.7 Å². The fourth-order valence-electron chi connectivity index (χ4n) is 3.46. The van der Waals surface area contributed by atoms with E-state index in [1.807, 2.05) is 6.07 Å². The molecular weight excluding hydrogens is 350 g/mol. The molecule has 0 saturated heterocycles. The molecule has 0 aromatic carbocycles. The molecule has 0 radical (unpaired) electrons. The van der Waals surface area contributed by atoms with E-state index in [4.69, 9.17) is 0 Å². The largest absolute Gasteiger partial charge is 0.335 e. The van der Waals surface area contributed by atoms with E-state index >= 15 is 0 Å². The van der Waals surface area contributed by atoms with Crippen molar-refractivity contribution >= 4 is 28.4 Å². The minimum absolute atomic E-state index is 0.0712. The molecule has 2 aliphatic rings. The van der Waals surface area contributed by atoms with Gasteiger partial charge in [-0.1, -0.05) is 30.2 Å². The number of rotatable bonds is 3. The fraction of sp³-hybridized carbons (Fsp3) is 0.444. The lowest BCUT2D eigenvalue weighted by molar-refractivity contribution is 0.0730. The first kappa shape index (κ1) is 17.0. The van der Waals surface area contributed by atoms with E-state index in [0.717, 1.165) is 23.4 Å². The quantitative estimate of drug-likeness (QED) is 0.868. The van der Waals surface area contributed by atoms with Gasteiger partial charge in [-0.2, -0.15) is 0 Å². The lowest BCUT2D eigenvalue weighted by Gasteiger charge is -2.25. The van der Waals surface area contributed by atoms with Crippen LogP contribution in [-0.4, -0.2) is 39.4 Å². The van der Waals surface area contributed by atoms with Crippen molar-refractivity contribution in [1.29, 1.82) is 0 Å². The third-order valence-corrected chi connectivity index (χ3v) is 5.81. The van der Waals surface area contributed by atoms with Crippen LogP contribution >= 0.6 is 11.3 Å². The number of thiazole rings is 1. The van der Waals surface area contributed by atoms with Crippen LogP contribution in [0.15, 0.2) is 24.4 Å². The number of urea groups is 1. The number of carbonyl (C=O) groups excluding carboxylic acids is 2. The van der Waals surface area contributed by atoms with Gasteiger partial charge < -0.3 is 10.2 Å². The van der Waals surface area contributed by atoms with E-state index in [0.29, 0.717) is 30.3 Å². The van der Waals surface area contributed by atoms with Crippen molar-refractivity contribution in [2.24, 2.45) is 0 Å². The zero-order chi connectivity index (χ0) is 17.9. The van der Waals surface area contributed by atoms with Crippen molar-refractivity contribution in [2.75, 3.05) is 11.9 Å². The van der Waals surface area contributed by atoms with Gasteiger partial charge in [-0.15, -0.1) is 0 Å². The van der Waals surface area contributed by atoms with E-state index in [1.54, 1.807) is 23.2 Å². The summed E-state index contributed by atoms with van der Waals surface area (Å²) in [6.45, 7) is 1.12. The van der Waals surface area contributed by atoms with Gasteiger partial charge >= 0.3 is 6.03 Å². The van der Waals surface area contributed by atoms with Crippen LogP contribution in [0.1, 0.15) is 46.7 Å². The van der Waals surface area contributed by atoms with Gasteiger partial charge in [-0.25, -0.2) is 9.78 Å². The smallest absolute Gasteiger partial charge is 0.321 e. The third kappa shape index (κ3) is 3.70. The van der Waals surface area contributed by atoms with Gasteiger partial charge in [0, 0.05) is 30.1 Å². The molecule has 0 atom stereocenters. The minimum atomic E-state index is -0.190. The Morgan fingerprint density at radius 2 is 2.08 bits per heavy atom. The Hall–Kier alpha value is -2.48. The summed E-state index contributed by atoms with van der Waals surface area (Å²) in [7, 11) is 0. The van der Waals surface area contributed by atoms with E-state index in [-0.39, 0.29) is 18.0 Å². The number of fused-ring (bicyclic) bond motifs is 1. The third-order valence-electron chi connectivity index (χ3n) is 4.81. The normalized spacial score (nSPS) is 17.0. The number of hydrogen-bond donors (Lipinski definition) is 2. The summed E-state index contributed by atoms with van der Waals surface area (Å²) in [5.41, 5.74) is 1.42. The van der Waals surface area contributed by atoms with Gasteiger partial charge in [0.05, 0.1) is 12.2 Å². The molecule has 2 aromatic heterocycles. The van der Waals surface area contributed by atoms with Gasteiger partial charge in [0.2, 0.25) is 0 Å². The summed E-state index contributed by atoms with van der Waals surface area (Å²) >= 11 is 1.44. The molecular formula is C18H21N5O2S. The molecule has 0 unspecified atom stereocenters.